The van der Waals surface area contributed by atoms with Gasteiger partial charge in [0.2, 0.25) is 5.88 Å². The summed E-state index contributed by atoms with van der Waals surface area (Å²) in [5, 5.41) is 31.0. The van der Waals surface area contributed by atoms with E-state index in [-0.39, 0.29) is 17.4 Å². The van der Waals surface area contributed by atoms with E-state index in [1.165, 1.54) is 0 Å². The quantitative estimate of drug-likeness (QED) is 0.478. The number of hydrogen-bond donors (Lipinski definition) is 3. The van der Waals surface area contributed by atoms with Gasteiger partial charge >= 0.3 is 0 Å². The van der Waals surface area contributed by atoms with E-state index in [1.54, 1.807) is 53.8 Å². The molecule has 7 heteroatoms. The van der Waals surface area contributed by atoms with Crippen molar-refractivity contribution in [3.63, 3.8) is 0 Å². The van der Waals surface area contributed by atoms with Crippen molar-refractivity contribution in [1.82, 2.24) is 19.1 Å². The molecule has 0 fully saturated rings. The van der Waals surface area contributed by atoms with Gasteiger partial charge < -0.3 is 24.5 Å². The van der Waals surface area contributed by atoms with Crippen LogP contribution in [0, 0.1) is 0 Å². The summed E-state index contributed by atoms with van der Waals surface area (Å²) < 4.78 is 3.68. The number of hydrogen-bond acceptors (Lipinski definition) is 5. The average molecular weight is 376 g/mol. The van der Waals surface area contributed by atoms with Crippen LogP contribution in [0.2, 0.25) is 0 Å². The molecular weight excluding hydrogens is 356 g/mol. The van der Waals surface area contributed by atoms with Crippen molar-refractivity contribution in [2.24, 2.45) is 0 Å². The van der Waals surface area contributed by atoms with Crippen molar-refractivity contribution in [3.8, 4) is 39.8 Å². The zero-order valence-electron chi connectivity index (χ0n) is 15.1. The average Bonchev–Trinajstić information content (AvgIpc) is 3.32. The summed E-state index contributed by atoms with van der Waals surface area (Å²) in [6.45, 7) is 1.25. The molecule has 0 saturated heterocycles. The largest absolute Gasteiger partial charge is 0.508 e. The third-order valence-electron chi connectivity index (χ3n) is 4.68. The zero-order chi connectivity index (χ0) is 19.5. The monoisotopic (exact) mass is 376 g/mol. The lowest BCUT2D eigenvalue weighted by Crippen LogP contribution is -2.04. The summed E-state index contributed by atoms with van der Waals surface area (Å²) in [4.78, 5) is 8.10. The first-order valence-corrected chi connectivity index (χ1v) is 8.95. The van der Waals surface area contributed by atoms with Gasteiger partial charge in [0.05, 0.1) is 17.6 Å². The number of aromatic hydroxyl groups is 3. The topological polar surface area (TPSA) is 96.3 Å². The number of aryl methyl sites for hydroxylation is 1. The van der Waals surface area contributed by atoms with Gasteiger partial charge in [0.1, 0.15) is 5.75 Å². The third kappa shape index (κ3) is 3.29. The number of aromatic nitrogens is 4. The number of imidazole rings is 1. The molecule has 0 saturated carbocycles. The van der Waals surface area contributed by atoms with E-state index in [4.69, 9.17) is 0 Å². The molecule has 0 aliphatic carbocycles. The fourth-order valence-corrected chi connectivity index (χ4v) is 3.35. The Morgan fingerprint density at radius 2 is 1.54 bits per heavy atom. The smallest absolute Gasteiger partial charge is 0.235 e. The van der Waals surface area contributed by atoms with Crippen molar-refractivity contribution in [3.05, 3.63) is 67.5 Å². The zero-order valence-corrected chi connectivity index (χ0v) is 15.1. The van der Waals surface area contributed by atoms with Gasteiger partial charge in [0.25, 0.3) is 0 Å². The molecule has 0 aliphatic heterocycles. The number of phenols is 1. The Labute approximate surface area is 161 Å². The highest BCUT2D eigenvalue weighted by atomic mass is 16.3. The molecule has 3 N–H and O–H groups in total. The van der Waals surface area contributed by atoms with Gasteiger partial charge in [-0.3, -0.25) is 4.98 Å². The van der Waals surface area contributed by atoms with Crippen LogP contribution in [0.5, 0.6) is 17.4 Å². The summed E-state index contributed by atoms with van der Waals surface area (Å²) in [5.41, 5.74) is 2.75. The van der Waals surface area contributed by atoms with Crippen molar-refractivity contribution in [2.45, 2.75) is 19.5 Å². The molecule has 7 nitrogen and oxygen atoms in total. The first-order chi connectivity index (χ1) is 13.6. The van der Waals surface area contributed by atoms with Crippen LogP contribution in [-0.2, 0) is 13.1 Å². The molecule has 0 spiro atoms. The van der Waals surface area contributed by atoms with E-state index in [9.17, 15) is 15.3 Å². The summed E-state index contributed by atoms with van der Waals surface area (Å²) in [6, 6.07) is 10.2. The highest BCUT2D eigenvalue weighted by Crippen LogP contribution is 2.47. The SMILES string of the molecule is Oc1ccc(-c2c(O)c(O)n(CCCn3ccnc3)c2-c2ccncc2)cc1. The number of nitrogens with zero attached hydrogens (tertiary/aromatic N) is 4. The fraction of sp³-hybridized carbons (Fsp3) is 0.143. The minimum absolute atomic E-state index is 0.137. The van der Waals surface area contributed by atoms with Crippen LogP contribution in [-0.4, -0.2) is 34.4 Å². The fourth-order valence-electron chi connectivity index (χ4n) is 3.35. The van der Waals surface area contributed by atoms with Gasteiger partial charge in [0, 0.05) is 43.4 Å². The normalized spacial score (nSPS) is 11.0. The molecule has 4 aromatic rings. The summed E-state index contributed by atoms with van der Waals surface area (Å²) in [7, 11) is 0. The van der Waals surface area contributed by atoms with Crippen molar-refractivity contribution >= 4 is 0 Å². The van der Waals surface area contributed by atoms with Gasteiger partial charge in [-0.25, -0.2) is 4.98 Å². The second-order valence-electron chi connectivity index (χ2n) is 6.48. The second-order valence-corrected chi connectivity index (χ2v) is 6.48. The highest BCUT2D eigenvalue weighted by Gasteiger charge is 2.24. The Hall–Kier alpha value is -3.74. The summed E-state index contributed by atoms with van der Waals surface area (Å²) >= 11 is 0. The molecule has 0 bridgehead atoms. The lowest BCUT2D eigenvalue weighted by molar-refractivity contribution is 0.369. The molecule has 1 aromatic carbocycles. The molecule has 0 unspecified atom stereocenters. The van der Waals surface area contributed by atoms with Crippen LogP contribution in [0.3, 0.4) is 0 Å². The van der Waals surface area contributed by atoms with Crippen LogP contribution in [0.15, 0.2) is 67.5 Å². The predicted molar refractivity (Wildman–Crippen MR) is 105 cm³/mol. The molecule has 4 rings (SSSR count). The molecule has 0 aliphatic rings. The van der Waals surface area contributed by atoms with Crippen LogP contribution in [0.4, 0.5) is 0 Å². The Bertz CT molecular complexity index is 1060. The van der Waals surface area contributed by atoms with E-state index in [2.05, 4.69) is 9.97 Å². The Kier molecular flexibility index (Phi) is 4.72. The number of rotatable bonds is 6. The van der Waals surface area contributed by atoms with Crippen molar-refractivity contribution < 1.29 is 15.3 Å². The van der Waals surface area contributed by atoms with E-state index < -0.39 is 0 Å². The lowest BCUT2D eigenvalue weighted by Gasteiger charge is -2.12. The second kappa shape index (κ2) is 7.48. The minimum atomic E-state index is -0.180. The molecule has 3 heterocycles. The maximum absolute atomic E-state index is 10.7. The summed E-state index contributed by atoms with van der Waals surface area (Å²) in [6.07, 6.45) is 9.45. The first kappa shape index (κ1) is 17.7. The molecular formula is C21H20N4O3. The number of pyridine rings is 1. The Morgan fingerprint density at radius 1 is 0.786 bits per heavy atom. The minimum Gasteiger partial charge on any atom is -0.508 e. The maximum Gasteiger partial charge on any atom is 0.235 e. The molecule has 0 radical (unpaired) electrons. The predicted octanol–water partition coefficient (Wildman–Crippen LogP) is 3.62. The van der Waals surface area contributed by atoms with Crippen molar-refractivity contribution in [2.75, 3.05) is 0 Å². The Morgan fingerprint density at radius 3 is 2.21 bits per heavy atom. The standard InChI is InChI=1S/C21H20N4O3/c26-17-4-2-15(3-5-17)18-19(16-6-8-22-9-7-16)25(21(28)20(18)27)12-1-11-24-13-10-23-14-24/h2-10,13-14,26-28H,1,11-12H2. The number of phenolic OH excluding ortho intramolecular Hbond substituents is 1. The van der Waals surface area contributed by atoms with Crippen LogP contribution >= 0.6 is 0 Å². The Balaban J connectivity index is 1.78. The molecule has 0 atom stereocenters. The van der Waals surface area contributed by atoms with Gasteiger partial charge in [-0.1, -0.05) is 12.1 Å². The van der Waals surface area contributed by atoms with E-state index >= 15 is 0 Å². The van der Waals surface area contributed by atoms with Gasteiger partial charge in [-0.05, 0) is 36.2 Å². The number of benzene rings is 1. The molecule has 3 aromatic heterocycles. The maximum atomic E-state index is 10.7. The van der Waals surface area contributed by atoms with Crippen molar-refractivity contribution in [1.29, 1.82) is 0 Å². The lowest BCUT2D eigenvalue weighted by atomic mass is 10.0. The van der Waals surface area contributed by atoms with Gasteiger partial charge in [0.15, 0.2) is 5.75 Å². The summed E-state index contributed by atoms with van der Waals surface area (Å²) in [5.74, 6) is -0.224. The van der Waals surface area contributed by atoms with E-state index in [0.717, 1.165) is 18.5 Å². The van der Waals surface area contributed by atoms with Gasteiger partial charge in [-0.15, -0.1) is 0 Å². The van der Waals surface area contributed by atoms with Crippen LogP contribution in [0.1, 0.15) is 6.42 Å². The third-order valence-corrected chi connectivity index (χ3v) is 4.68. The van der Waals surface area contributed by atoms with Gasteiger partial charge in [-0.2, -0.15) is 0 Å². The molecule has 142 valence electrons. The molecule has 0 amide bonds. The molecule has 28 heavy (non-hydrogen) atoms. The first-order valence-electron chi connectivity index (χ1n) is 8.95. The van der Waals surface area contributed by atoms with Crippen LogP contribution < -0.4 is 0 Å². The van der Waals surface area contributed by atoms with Crippen LogP contribution in [0.25, 0.3) is 22.4 Å². The van der Waals surface area contributed by atoms with E-state index in [1.807, 2.05) is 22.9 Å². The van der Waals surface area contributed by atoms with E-state index in [0.29, 0.717) is 23.4 Å². The highest BCUT2D eigenvalue weighted by molar-refractivity contribution is 5.88.